The maximum Gasteiger partial charge on any atom is -0.00971 e. The largest absolute Gasteiger partial charge is 0.0854 e. The van der Waals surface area contributed by atoms with Crippen LogP contribution in [0.15, 0.2) is 54.6 Å². The minimum Gasteiger partial charge on any atom is -0.0854 e. The van der Waals surface area contributed by atoms with Crippen LogP contribution in [0.4, 0.5) is 0 Å². The summed E-state index contributed by atoms with van der Waals surface area (Å²) in [5.74, 6) is 0.709. The molecule has 0 N–H and O–H groups in total. The Morgan fingerprint density at radius 3 is 2.33 bits per heavy atom. The Kier molecular flexibility index (Phi) is 8.66. The van der Waals surface area contributed by atoms with E-state index in [-0.39, 0.29) is 0 Å². The number of unbranched alkanes of at least 4 members (excludes halogenated alkanes) is 6. The Hall–Kier alpha value is -1.56. The van der Waals surface area contributed by atoms with Crippen molar-refractivity contribution in [3.63, 3.8) is 0 Å². The summed E-state index contributed by atoms with van der Waals surface area (Å²) < 4.78 is 0. The van der Waals surface area contributed by atoms with Crippen LogP contribution in [0.3, 0.4) is 0 Å². The van der Waals surface area contributed by atoms with E-state index in [4.69, 9.17) is 0 Å². The second-order valence-corrected chi connectivity index (χ2v) is 7.20. The van der Waals surface area contributed by atoms with Crippen molar-refractivity contribution in [2.45, 2.75) is 71.6 Å². The van der Waals surface area contributed by atoms with Crippen LogP contribution in [0.5, 0.6) is 0 Å². The van der Waals surface area contributed by atoms with Crippen LogP contribution >= 0.6 is 0 Å². The first-order chi connectivity index (χ1) is 11.8. The number of hydrogen-bond donors (Lipinski definition) is 0. The number of hydrogen-bond acceptors (Lipinski definition) is 0. The zero-order valence-electron chi connectivity index (χ0n) is 15.6. The van der Waals surface area contributed by atoms with Crippen LogP contribution in [0, 0.1) is 5.92 Å². The molecule has 0 spiro atoms. The van der Waals surface area contributed by atoms with Crippen LogP contribution < -0.4 is 0 Å². The SMILES string of the molecule is CCCCCCCCCC(C)/C=C/Cc1ccc2ccccc2c1. The van der Waals surface area contributed by atoms with E-state index in [0.29, 0.717) is 5.92 Å². The van der Waals surface area contributed by atoms with E-state index in [1.807, 2.05) is 0 Å². The lowest BCUT2D eigenvalue weighted by Crippen LogP contribution is -1.91. The van der Waals surface area contributed by atoms with Crippen molar-refractivity contribution >= 4 is 10.8 Å². The molecule has 0 radical (unpaired) electrons. The number of benzene rings is 2. The Morgan fingerprint density at radius 1 is 0.833 bits per heavy atom. The molecule has 130 valence electrons. The van der Waals surface area contributed by atoms with Gasteiger partial charge in [-0.3, -0.25) is 0 Å². The van der Waals surface area contributed by atoms with Crippen molar-refractivity contribution in [2.75, 3.05) is 0 Å². The quantitative estimate of drug-likeness (QED) is 0.293. The van der Waals surface area contributed by atoms with Crippen molar-refractivity contribution in [3.8, 4) is 0 Å². The van der Waals surface area contributed by atoms with Gasteiger partial charge in [0.15, 0.2) is 0 Å². The summed E-state index contributed by atoms with van der Waals surface area (Å²) in [7, 11) is 0. The summed E-state index contributed by atoms with van der Waals surface area (Å²) >= 11 is 0. The first kappa shape index (κ1) is 18.8. The van der Waals surface area contributed by atoms with Crippen LogP contribution in [0.1, 0.15) is 70.8 Å². The van der Waals surface area contributed by atoms with E-state index in [0.717, 1.165) is 6.42 Å². The predicted molar refractivity (Wildman–Crippen MR) is 109 cm³/mol. The predicted octanol–water partition coefficient (Wildman–Crippen LogP) is 7.72. The third kappa shape index (κ3) is 6.91. The lowest BCUT2D eigenvalue weighted by molar-refractivity contribution is 0.537. The molecular weight excluding hydrogens is 288 g/mol. The number of fused-ring (bicyclic) bond motifs is 1. The van der Waals surface area contributed by atoms with Crippen LogP contribution in [-0.2, 0) is 6.42 Å². The molecule has 0 nitrogen and oxygen atoms in total. The van der Waals surface area contributed by atoms with Crippen molar-refractivity contribution < 1.29 is 0 Å². The lowest BCUT2D eigenvalue weighted by Gasteiger charge is -2.06. The van der Waals surface area contributed by atoms with Gasteiger partial charge in [0.2, 0.25) is 0 Å². The first-order valence-electron chi connectivity index (χ1n) is 9.94. The van der Waals surface area contributed by atoms with Crippen LogP contribution in [0.2, 0.25) is 0 Å². The zero-order valence-corrected chi connectivity index (χ0v) is 15.6. The fraction of sp³-hybridized carbons (Fsp3) is 0.500. The molecule has 0 heterocycles. The Morgan fingerprint density at radius 2 is 1.54 bits per heavy atom. The maximum atomic E-state index is 2.41. The smallest absolute Gasteiger partial charge is 0.00971 e. The summed E-state index contributed by atoms with van der Waals surface area (Å²) in [5.41, 5.74) is 1.41. The maximum absolute atomic E-state index is 2.41. The molecule has 2 aromatic rings. The highest BCUT2D eigenvalue weighted by Crippen LogP contribution is 2.17. The molecule has 0 bridgehead atoms. The fourth-order valence-electron chi connectivity index (χ4n) is 3.32. The standard InChI is InChI=1S/C24H34/c1-3-4-5-6-7-8-9-13-21(2)14-12-15-22-18-19-23-16-10-11-17-24(23)20-22/h10-12,14,16-21H,3-9,13,15H2,1-2H3/b14-12+. The van der Waals surface area contributed by atoms with E-state index < -0.39 is 0 Å². The van der Waals surface area contributed by atoms with Gasteiger partial charge in [0.05, 0.1) is 0 Å². The van der Waals surface area contributed by atoms with E-state index in [2.05, 4.69) is 68.5 Å². The molecule has 1 atom stereocenters. The number of allylic oxidation sites excluding steroid dienone is 2. The van der Waals surface area contributed by atoms with Gasteiger partial charge in [0, 0.05) is 0 Å². The van der Waals surface area contributed by atoms with Crippen molar-refractivity contribution in [2.24, 2.45) is 5.92 Å². The minimum atomic E-state index is 0.709. The average Bonchev–Trinajstić information content (AvgIpc) is 2.61. The summed E-state index contributed by atoms with van der Waals surface area (Å²) in [5, 5.41) is 2.68. The molecule has 0 aliphatic heterocycles. The summed E-state index contributed by atoms with van der Waals surface area (Å²) in [6.45, 7) is 4.64. The summed E-state index contributed by atoms with van der Waals surface area (Å²) in [4.78, 5) is 0. The summed E-state index contributed by atoms with van der Waals surface area (Å²) in [6.07, 6.45) is 17.0. The third-order valence-electron chi connectivity index (χ3n) is 4.90. The Balaban J connectivity index is 1.65. The minimum absolute atomic E-state index is 0.709. The van der Waals surface area contributed by atoms with Crippen LogP contribution in [0.25, 0.3) is 10.8 Å². The molecule has 0 saturated heterocycles. The highest BCUT2D eigenvalue weighted by molar-refractivity contribution is 5.83. The Labute approximate surface area is 149 Å². The Bertz CT molecular complexity index is 608. The van der Waals surface area contributed by atoms with E-state index in [9.17, 15) is 0 Å². The van der Waals surface area contributed by atoms with Crippen molar-refractivity contribution in [1.82, 2.24) is 0 Å². The zero-order chi connectivity index (χ0) is 17.0. The first-order valence-corrected chi connectivity index (χ1v) is 9.94. The number of rotatable bonds is 11. The van der Waals surface area contributed by atoms with Crippen molar-refractivity contribution in [3.05, 3.63) is 60.2 Å². The van der Waals surface area contributed by atoms with E-state index in [1.165, 1.54) is 67.7 Å². The molecule has 2 aromatic carbocycles. The molecule has 0 heteroatoms. The lowest BCUT2D eigenvalue weighted by atomic mass is 10.00. The van der Waals surface area contributed by atoms with Crippen LogP contribution in [-0.4, -0.2) is 0 Å². The average molecular weight is 323 g/mol. The van der Waals surface area contributed by atoms with Gasteiger partial charge < -0.3 is 0 Å². The van der Waals surface area contributed by atoms with Crippen molar-refractivity contribution in [1.29, 1.82) is 0 Å². The molecule has 0 amide bonds. The van der Waals surface area contributed by atoms with Gasteiger partial charge in [-0.1, -0.05) is 113 Å². The van der Waals surface area contributed by atoms with Gasteiger partial charge in [0.1, 0.15) is 0 Å². The molecule has 0 saturated carbocycles. The molecule has 0 aromatic heterocycles. The van der Waals surface area contributed by atoms with Gasteiger partial charge in [-0.15, -0.1) is 0 Å². The highest BCUT2D eigenvalue weighted by Gasteiger charge is 1.98. The molecule has 2 rings (SSSR count). The second-order valence-electron chi connectivity index (χ2n) is 7.20. The van der Waals surface area contributed by atoms with Gasteiger partial charge in [-0.05, 0) is 35.1 Å². The second kappa shape index (κ2) is 11.1. The van der Waals surface area contributed by atoms with Gasteiger partial charge in [0.25, 0.3) is 0 Å². The van der Waals surface area contributed by atoms with Gasteiger partial charge in [-0.2, -0.15) is 0 Å². The fourth-order valence-corrected chi connectivity index (χ4v) is 3.32. The normalized spacial score (nSPS) is 12.9. The van der Waals surface area contributed by atoms with E-state index in [1.54, 1.807) is 0 Å². The molecular formula is C24H34. The molecule has 1 unspecified atom stereocenters. The van der Waals surface area contributed by atoms with Gasteiger partial charge >= 0.3 is 0 Å². The molecule has 0 fully saturated rings. The highest BCUT2D eigenvalue weighted by atomic mass is 14.0. The van der Waals surface area contributed by atoms with Gasteiger partial charge in [-0.25, -0.2) is 0 Å². The molecule has 0 aliphatic carbocycles. The third-order valence-corrected chi connectivity index (χ3v) is 4.90. The van der Waals surface area contributed by atoms with E-state index >= 15 is 0 Å². The monoisotopic (exact) mass is 322 g/mol. The molecule has 0 aliphatic rings. The molecule has 24 heavy (non-hydrogen) atoms. The topological polar surface area (TPSA) is 0 Å². The summed E-state index contributed by atoms with van der Waals surface area (Å²) in [6, 6.07) is 15.4.